The first-order valence-corrected chi connectivity index (χ1v) is 7.63. The Morgan fingerprint density at radius 1 is 1.36 bits per heavy atom. The van der Waals surface area contributed by atoms with E-state index >= 15 is 0 Å². The largest absolute Gasteiger partial charge is 0.351 e. The number of hydrogen-bond donors (Lipinski definition) is 2. The van der Waals surface area contributed by atoms with E-state index < -0.39 is 6.03 Å². The van der Waals surface area contributed by atoms with Crippen molar-refractivity contribution in [3.63, 3.8) is 0 Å². The fourth-order valence-electron chi connectivity index (χ4n) is 2.51. The molecule has 22 heavy (non-hydrogen) atoms. The van der Waals surface area contributed by atoms with Gasteiger partial charge in [-0.3, -0.25) is 5.41 Å². The number of piperazine rings is 1. The molecule has 2 aromatic heterocycles. The Morgan fingerprint density at radius 3 is 2.68 bits per heavy atom. The minimum absolute atomic E-state index is 0.00977. The van der Waals surface area contributed by atoms with E-state index in [9.17, 15) is 4.79 Å². The smallest absolute Gasteiger partial charge is 0.325 e. The summed E-state index contributed by atoms with van der Waals surface area (Å²) in [6, 6.07) is 0.971. The lowest BCUT2D eigenvalue weighted by Gasteiger charge is -2.33. The maximum absolute atomic E-state index is 11.8. The third kappa shape index (κ3) is 2.57. The number of likely N-dealkylation sites (N-methyl/N-ethyl adjacent to an activating group) is 1. The first-order chi connectivity index (χ1) is 10.5. The summed E-state index contributed by atoms with van der Waals surface area (Å²) in [4.78, 5) is 24.7. The van der Waals surface area contributed by atoms with E-state index in [1.807, 2.05) is 4.90 Å². The van der Waals surface area contributed by atoms with Crippen LogP contribution < -0.4 is 16.1 Å². The number of anilines is 1. The summed E-state index contributed by atoms with van der Waals surface area (Å²) in [5.41, 5.74) is 6.26. The van der Waals surface area contributed by atoms with Crippen LogP contribution in [0.25, 0.3) is 11.2 Å². The molecule has 0 atom stereocenters. The molecule has 0 radical (unpaired) electrons. The quantitative estimate of drug-likeness (QED) is 0.758. The molecule has 0 bridgehead atoms. The molecule has 1 saturated heterocycles. The van der Waals surface area contributed by atoms with Crippen molar-refractivity contribution in [2.24, 2.45) is 5.73 Å². The lowest BCUT2D eigenvalue weighted by atomic mass is 10.3. The van der Waals surface area contributed by atoms with Gasteiger partial charge in [-0.15, -0.1) is 0 Å². The molecule has 9 heteroatoms. The van der Waals surface area contributed by atoms with Gasteiger partial charge in [-0.1, -0.05) is 0 Å². The molecule has 0 saturated carbocycles. The van der Waals surface area contributed by atoms with Crippen molar-refractivity contribution in [3.8, 4) is 0 Å². The molecule has 3 heterocycles. The second-order valence-electron chi connectivity index (χ2n) is 5.24. The standard InChI is InChI=1S/C13H16BrN7O/c1-19-2-4-20(5-3-19)12-10(15)21(13(16)22)9-6-8(14)7-17-11(9)18-12/h6-7,15H,2-5H2,1H3,(H2,16,22). The average Bonchev–Trinajstić information content (AvgIpc) is 2.47. The first kappa shape index (κ1) is 14.9. The number of carbonyl (C=O) groups excluding carboxylic acids is 1. The highest BCUT2D eigenvalue weighted by molar-refractivity contribution is 9.10. The number of rotatable bonds is 1. The number of fused-ring (bicyclic) bond motifs is 1. The van der Waals surface area contributed by atoms with Gasteiger partial charge in [0.15, 0.2) is 17.0 Å². The number of primary amides is 1. The van der Waals surface area contributed by atoms with Crippen LogP contribution in [0.2, 0.25) is 0 Å². The highest BCUT2D eigenvalue weighted by Gasteiger charge is 2.21. The van der Waals surface area contributed by atoms with Crippen LogP contribution in [0.15, 0.2) is 16.7 Å². The lowest BCUT2D eigenvalue weighted by molar-refractivity contribution is 0.250. The summed E-state index contributed by atoms with van der Waals surface area (Å²) in [7, 11) is 2.05. The molecule has 0 unspecified atom stereocenters. The van der Waals surface area contributed by atoms with Crippen molar-refractivity contribution in [1.82, 2.24) is 19.4 Å². The summed E-state index contributed by atoms with van der Waals surface area (Å²) >= 11 is 3.31. The molecule has 2 aromatic rings. The molecular formula is C13H16BrN7O. The van der Waals surface area contributed by atoms with Crippen molar-refractivity contribution in [2.45, 2.75) is 0 Å². The predicted molar refractivity (Wildman–Crippen MR) is 85.8 cm³/mol. The van der Waals surface area contributed by atoms with Crippen molar-refractivity contribution in [3.05, 3.63) is 22.2 Å². The van der Waals surface area contributed by atoms with Gasteiger partial charge in [0.1, 0.15) is 0 Å². The Hall–Kier alpha value is -2.00. The number of nitrogens with one attached hydrogen (secondary N) is 1. The topological polar surface area (TPSA) is 104 Å². The Labute approximate surface area is 135 Å². The van der Waals surface area contributed by atoms with E-state index in [2.05, 4.69) is 37.8 Å². The third-order valence-electron chi connectivity index (χ3n) is 3.73. The second-order valence-corrected chi connectivity index (χ2v) is 6.16. The molecule has 3 N–H and O–H groups in total. The van der Waals surface area contributed by atoms with Gasteiger partial charge >= 0.3 is 6.03 Å². The van der Waals surface area contributed by atoms with Crippen LogP contribution in [-0.4, -0.2) is 58.7 Å². The maximum Gasteiger partial charge on any atom is 0.325 e. The molecule has 1 aliphatic rings. The van der Waals surface area contributed by atoms with E-state index in [0.717, 1.165) is 30.7 Å². The third-order valence-corrected chi connectivity index (χ3v) is 4.16. The number of hydrogen-bond acceptors (Lipinski definition) is 6. The lowest BCUT2D eigenvalue weighted by Crippen LogP contribution is -2.48. The van der Waals surface area contributed by atoms with Gasteiger partial charge in [-0.2, -0.15) is 0 Å². The van der Waals surface area contributed by atoms with E-state index in [1.165, 1.54) is 0 Å². The summed E-state index contributed by atoms with van der Waals surface area (Å²) < 4.78 is 1.84. The van der Waals surface area contributed by atoms with E-state index in [4.69, 9.17) is 11.1 Å². The highest BCUT2D eigenvalue weighted by atomic mass is 79.9. The zero-order valence-electron chi connectivity index (χ0n) is 12.1. The van der Waals surface area contributed by atoms with Crippen LogP contribution in [0.3, 0.4) is 0 Å². The maximum atomic E-state index is 11.8. The average molecular weight is 366 g/mol. The number of amides is 1. The molecule has 1 amide bonds. The van der Waals surface area contributed by atoms with E-state index in [-0.39, 0.29) is 5.49 Å². The highest BCUT2D eigenvalue weighted by Crippen LogP contribution is 2.17. The Morgan fingerprint density at radius 2 is 2.05 bits per heavy atom. The Bertz CT molecular complexity index is 795. The molecule has 0 aromatic carbocycles. The summed E-state index contributed by atoms with van der Waals surface area (Å²) in [5, 5.41) is 8.32. The molecule has 0 spiro atoms. The normalized spacial score (nSPS) is 16.2. The molecule has 0 aliphatic carbocycles. The molecule has 8 nitrogen and oxygen atoms in total. The van der Waals surface area contributed by atoms with E-state index in [0.29, 0.717) is 21.5 Å². The van der Waals surface area contributed by atoms with Gasteiger partial charge in [0, 0.05) is 36.8 Å². The van der Waals surface area contributed by atoms with Crippen molar-refractivity contribution < 1.29 is 4.79 Å². The van der Waals surface area contributed by atoms with Gasteiger partial charge in [-0.05, 0) is 29.0 Å². The van der Waals surface area contributed by atoms with Crippen molar-refractivity contribution in [2.75, 3.05) is 38.1 Å². The van der Waals surface area contributed by atoms with Crippen LogP contribution in [0, 0.1) is 5.41 Å². The molecule has 1 fully saturated rings. The zero-order valence-corrected chi connectivity index (χ0v) is 13.7. The minimum atomic E-state index is -0.715. The summed E-state index contributed by atoms with van der Waals surface area (Å²) in [5.74, 6) is 0.439. The summed E-state index contributed by atoms with van der Waals surface area (Å²) in [6.07, 6.45) is 1.61. The van der Waals surface area contributed by atoms with Gasteiger partial charge in [0.25, 0.3) is 0 Å². The summed E-state index contributed by atoms with van der Waals surface area (Å²) in [6.45, 7) is 3.25. The molecular weight excluding hydrogens is 350 g/mol. The van der Waals surface area contributed by atoms with Crippen LogP contribution in [0.4, 0.5) is 10.6 Å². The fourth-order valence-corrected chi connectivity index (χ4v) is 2.83. The SMILES string of the molecule is CN1CCN(c2nc3ncc(Br)cc3n(C(N)=O)c2=N)CC1. The number of carbonyl (C=O) groups is 1. The van der Waals surface area contributed by atoms with Crippen LogP contribution in [-0.2, 0) is 0 Å². The number of nitrogens with two attached hydrogens (primary N) is 1. The molecule has 1 aliphatic heterocycles. The number of pyridine rings is 1. The van der Waals surface area contributed by atoms with Gasteiger partial charge < -0.3 is 15.5 Å². The van der Waals surface area contributed by atoms with Crippen LogP contribution >= 0.6 is 15.9 Å². The Kier molecular flexibility index (Phi) is 3.83. The van der Waals surface area contributed by atoms with Crippen molar-refractivity contribution in [1.29, 1.82) is 5.41 Å². The molecule has 3 rings (SSSR count). The number of aromatic nitrogens is 3. The van der Waals surface area contributed by atoms with Crippen LogP contribution in [0.1, 0.15) is 0 Å². The van der Waals surface area contributed by atoms with Crippen molar-refractivity contribution >= 4 is 38.9 Å². The van der Waals surface area contributed by atoms with Gasteiger partial charge in [-0.25, -0.2) is 19.3 Å². The molecule has 116 valence electrons. The van der Waals surface area contributed by atoms with Gasteiger partial charge in [0.05, 0.1) is 5.52 Å². The van der Waals surface area contributed by atoms with Gasteiger partial charge in [0.2, 0.25) is 0 Å². The number of halogens is 1. The first-order valence-electron chi connectivity index (χ1n) is 6.83. The zero-order chi connectivity index (χ0) is 15.9. The van der Waals surface area contributed by atoms with Crippen LogP contribution in [0.5, 0.6) is 0 Å². The monoisotopic (exact) mass is 365 g/mol. The minimum Gasteiger partial charge on any atom is -0.351 e. The fraction of sp³-hybridized carbons (Fsp3) is 0.385. The Balaban J connectivity index is 2.20. The van der Waals surface area contributed by atoms with E-state index in [1.54, 1.807) is 12.3 Å². The second kappa shape index (κ2) is 5.65. The number of nitrogens with zero attached hydrogens (tertiary/aromatic N) is 5. The predicted octanol–water partition coefficient (Wildman–Crippen LogP) is 0.352.